The van der Waals surface area contributed by atoms with E-state index in [1.54, 1.807) is 13.8 Å². The molecule has 0 saturated heterocycles. The Morgan fingerprint density at radius 2 is 1.19 bits per heavy atom. The number of esters is 2. The maximum absolute atomic E-state index is 13.8. The van der Waals surface area contributed by atoms with Gasteiger partial charge in [-0.2, -0.15) is 0 Å². The van der Waals surface area contributed by atoms with Crippen molar-refractivity contribution in [1.29, 1.82) is 0 Å². The van der Waals surface area contributed by atoms with Crippen LogP contribution in [0.2, 0.25) is 10.0 Å². The number of rotatable bonds is 12. The van der Waals surface area contributed by atoms with Crippen molar-refractivity contribution in [2.75, 3.05) is 13.2 Å². The molecule has 0 aliphatic heterocycles. The Labute approximate surface area is 306 Å². The van der Waals surface area contributed by atoms with Gasteiger partial charge in [0, 0.05) is 48.1 Å². The molecule has 0 heterocycles. The first kappa shape index (κ1) is 43.2. The van der Waals surface area contributed by atoms with Crippen LogP contribution in [0.5, 0.6) is 0 Å². The van der Waals surface area contributed by atoms with Crippen molar-refractivity contribution in [3.05, 3.63) is 153 Å². The Hall–Kier alpha value is -4.94. The Morgan fingerprint density at radius 1 is 0.692 bits per heavy atom. The summed E-state index contributed by atoms with van der Waals surface area (Å²) < 4.78 is 88.8. The van der Waals surface area contributed by atoms with Crippen LogP contribution in [0.15, 0.2) is 85.5 Å². The highest BCUT2D eigenvalue weighted by atomic mass is 35.5. The van der Waals surface area contributed by atoms with Gasteiger partial charge in [0.05, 0.1) is 23.3 Å². The number of hydrogen-bond acceptors (Lipinski definition) is 6. The monoisotopic (exact) mass is 768 g/mol. The second-order valence-corrected chi connectivity index (χ2v) is 11.2. The third-order valence-corrected chi connectivity index (χ3v) is 7.65. The molecule has 0 spiro atoms. The van der Waals surface area contributed by atoms with Gasteiger partial charge in [-0.1, -0.05) is 29.8 Å². The topological polar surface area (TPSA) is 86.7 Å². The van der Waals surface area contributed by atoms with Crippen LogP contribution in [0.3, 0.4) is 0 Å². The number of halogens is 8. The van der Waals surface area contributed by atoms with Gasteiger partial charge in [-0.25, -0.2) is 31.1 Å². The van der Waals surface area contributed by atoms with E-state index in [1.807, 2.05) is 0 Å². The number of Topliss-reactive ketones (excluding diaryl/α,β-unsaturated/α-hetero) is 2. The molecule has 0 N–H and O–H groups in total. The molecule has 4 aromatic carbocycles. The van der Waals surface area contributed by atoms with Crippen LogP contribution in [-0.2, 0) is 25.5 Å². The quantitative estimate of drug-likeness (QED) is 0.0469. The first-order valence-corrected chi connectivity index (χ1v) is 16.2. The van der Waals surface area contributed by atoms with Crippen molar-refractivity contribution in [2.24, 2.45) is 0 Å². The molecule has 0 bridgehead atoms. The summed E-state index contributed by atoms with van der Waals surface area (Å²) in [5.41, 5.74) is 0.388. The summed E-state index contributed by atoms with van der Waals surface area (Å²) in [5, 5.41) is -0.674. The van der Waals surface area contributed by atoms with Gasteiger partial charge < -0.3 is 9.47 Å². The van der Waals surface area contributed by atoms with Crippen molar-refractivity contribution in [2.45, 2.75) is 39.0 Å². The third kappa shape index (κ3) is 13.6. The van der Waals surface area contributed by atoms with Crippen molar-refractivity contribution in [3.63, 3.8) is 0 Å². The lowest BCUT2D eigenvalue weighted by Gasteiger charge is -2.18. The summed E-state index contributed by atoms with van der Waals surface area (Å²) in [7, 11) is 0. The summed E-state index contributed by atoms with van der Waals surface area (Å²) >= 11 is 11.6. The third-order valence-electron chi connectivity index (χ3n) is 6.82. The zero-order valence-corrected chi connectivity index (χ0v) is 29.3. The van der Waals surface area contributed by atoms with Crippen LogP contribution in [0.4, 0.5) is 26.3 Å². The minimum absolute atomic E-state index is 0.0579. The highest BCUT2D eigenvalue weighted by Gasteiger charge is 2.27. The molecule has 52 heavy (non-hydrogen) atoms. The van der Waals surface area contributed by atoms with Crippen LogP contribution < -0.4 is 0 Å². The average molecular weight is 770 g/mol. The fourth-order valence-electron chi connectivity index (χ4n) is 4.42. The summed E-state index contributed by atoms with van der Waals surface area (Å²) in [6, 6.07) is 12.8. The van der Waals surface area contributed by atoms with E-state index in [0.717, 1.165) is 42.5 Å². The Morgan fingerprint density at radius 3 is 1.69 bits per heavy atom. The number of benzene rings is 4. The minimum Gasteiger partial charge on any atom is -0.466 e. The van der Waals surface area contributed by atoms with E-state index in [2.05, 4.69) is 11.3 Å². The van der Waals surface area contributed by atoms with Crippen LogP contribution >= 0.6 is 23.2 Å². The zero-order valence-electron chi connectivity index (χ0n) is 27.8. The largest absolute Gasteiger partial charge is 0.466 e. The van der Waals surface area contributed by atoms with E-state index in [1.165, 1.54) is 24.3 Å². The molecule has 276 valence electrons. The second-order valence-electron chi connectivity index (χ2n) is 10.5. The standard InChI is InChI=1S/C19H16ClF3O3.C14H8ClF3O.C5H8O2/c1-2-26-17(24)8-7-14(15-9-13(22)10-16(23)18(15)20)19(25)11-3-5-12(21)6-4-11;15-14-9(5-11(17)7-12(14)18)6-13(19)8-1-3-10(16)4-2-8;1-3-5(6)7-4-2/h3-6,9-10,14H,2,7-8H2,1H3;1-5,7H,6H2;3H,1,4H2,2H3. The first-order valence-electron chi connectivity index (χ1n) is 15.4. The van der Waals surface area contributed by atoms with Crippen LogP contribution in [0.25, 0.3) is 0 Å². The van der Waals surface area contributed by atoms with E-state index in [9.17, 15) is 45.5 Å². The predicted molar refractivity (Wildman–Crippen MR) is 183 cm³/mol. The summed E-state index contributed by atoms with van der Waals surface area (Å²) in [4.78, 5) is 46.4. The van der Waals surface area contributed by atoms with Crippen molar-refractivity contribution >= 4 is 46.7 Å². The van der Waals surface area contributed by atoms with Gasteiger partial charge in [0.25, 0.3) is 0 Å². The highest BCUT2D eigenvalue weighted by molar-refractivity contribution is 6.32. The van der Waals surface area contributed by atoms with E-state index in [-0.39, 0.29) is 59.1 Å². The molecule has 1 unspecified atom stereocenters. The molecule has 14 heteroatoms. The SMILES string of the molecule is C=CC(=O)OCC.CCOC(=O)CCC(C(=O)c1ccc(F)cc1)c1cc(F)cc(F)c1Cl.O=C(Cc1cc(F)cc(F)c1Cl)c1ccc(F)cc1. The van der Waals surface area contributed by atoms with Crippen molar-refractivity contribution in [3.8, 4) is 0 Å². The molecule has 0 radical (unpaired) electrons. The van der Waals surface area contributed by atoms with Crippen molar-refractivity contribution in [1.82, 2.24) is 0 Å². The smallest absolute Gasteiger partial charge is 0.330 e. The molecule has 0 aromatic heterocycles. The van der Waals surface area contributed by atoms with Crippen LogP contribution in [0.1, 0.15) is 64.4 Å². The van der Waals surface area contributed by atoms with E-state index >= 15 is 0 Å². The average Bonchev–Trinajstić information content (AvgIpc) is 3.10. The fourth-order valence-corrected chi connectivity index (χ4v) is 4.83. The van der Waals surface area contributed by atoms with Gasteiger partial charge in [0.2, 0.25) is 0 Å². The number of carbonyl (C=O) groups excluding carboxylic acids is 4. The molecule has 0 fully saturated rings. The lowest BCUT2D eigenvalue weighted by molar-refractivity contribution is -0.143. The highest BCUT2D eigenvalue weighted by Crippen LogP contribution is 2.34. The van der Waals surface area contributed by atoms with Gasteiger partial charge in [-0.15, -0.1) is 0 Å². The van der Waals surface area contributed by atoms with Crippen LogP contribution in [-0.4, -0.2) is 36.7 Å². The number of carbonyl (C=O) groups is 4. The van der Waals surface area contributed by atoms with Crippen LogP contribution in [0, 0.1) is 34.9 Å². The zero-order chi connectivity index (χ0) is 39.0. The van der Waals surface area contributed by atoms with Gasteiger partial charge >= 0.3 is 11.9 Å². The summed E-state index contributed by atoms with van der Waals surface area (Å²) in [5.74, 6) is -7.52. The first-order chi connectivity index (χ1) is 24.6. The molecule has 0 saturated carbocycles. The number of ketones is 2. The van der Waals surface area contributed by atoms with E-state index < -0.39 is 63.4 Å². The molecule has 6 nitrogen and oxygen atoms in total. The fraction of sp³-hybridized carbons (Fsp3) is 0.211. The molecular formula is C38H32Cl2F6O6. The molecular weight excluding hydrogens is 737 g/mol. The Kier molecular flexibility index (Phi) is 17.8. The maximum atomic E-state index is 13.8. The summed E-state index contributed by atoms with van der Waals surface area (Å²) in [6.07, 6.45) is 0.695. The Balaban J connectivity index is 0.000000314. The predicted octanol–water partition coefficient (Wildman–Crippen LogP) is 9.99. The van der Waals surface area contributed by atoms with Crippen molar-refractivity contribution < 1.29 is 55.0 Å². The molecule has 0 aliphatic rings. The molecule has 0 aliphatic carbocycles. The Bertz CT molecular complexity index is 1870. The molecule has 0 amide bonds. The normalized spacial score (nSPS) is 10.8. The van der Waals surface area contributed by atoms with E-state index in [0.29, 0.717) is 18.7 Å². The lowest BCUT2D eigenvalue weighted by Crippen LogP contribution is -2.17. The van der Waals surface area contributed by atoms with Gasteiger partial charge in [0.1, 0.15) is 34.9 Å². The lowest BCUT2D eigenvalue weighted by atomic mass is 9.86. The number of ether oxygens (including phenoxy) is 2. The van der Waals surface area contributed by atoms with E-state index in [4.69, 9.17) is 27.9 Å². The minimum atomic E-state index is -1.08. The molecule has 4 aromatic rings. The molecule has 1 atom stereocenters. The maximum Gasteiger partial charge on any atom is 0.330 e. The second kappa shape index (κ2) is 21.4. The van der Waals surface area contributed by atoms with Gasteiger partial charge in [-0.3, -0.25) is 14.4 Å². The summed E-state index contributed by atoms with van der Waals surface area (Å²) in [6.45, 7) is 7.19. The molecule has 4 rings (SSSR count). The van der Waals surface area contributed by atoms with Gasteiger partial charge in [-0.05, 0) is 92.1 Å². The number of hydrogen-bond donors (Lipinski definition) is 0. The van der Waals surface area contributed by atoms with Gasteiger partial charge in [0.15, 0.2) is 11.6 Å².